The summed E-state index contributed by atoms with van der Waals surface area (Å²) in [5.74, 6) is -1.23. The molecule has 4 nitrogen and oxygen atoms in total. The van der Waals surface area contributed by atoms with Gasteiger partial charge in [0.15, 0.2) is 0 Å². The molecule has 2 aromatic rings. The number of nitrogens with zero attached hydrogens (tertiary/aromatic N) is 1. The van der Waals surface area contributed by atoms with Crippen molar-refractivity contribution in [2.24, 2.45) is 0 Å². The Labute approximate surface area is 226 Å². The maximum Gasteiger partial charge on any atom is 0.416 e. The van der Waals surface area contributed by atoms with Crippen LogP contribution in [0.25, 0.3) is 0 Å². The maximum absolute atomic E-state index is 13.8. The second kappa shape index (κ2) is 10.7. The summed E-state index contributed by atoms with van der Waals surface area (Å²) in [4.78, 5) is 14.8. The summed E-state index contributed by atoms with van der Waals surface area (Å²) in [5.41, 5.74) is -0.647. The van der Waals surface area contributed by atoms with Gasteiger partial charge in [-0.25, -0.2) is 4.39 Å². The molecule has 0 aromatic heterocycles. The van der Waals surface area contributed by atoms with Crippen LogP contribution in [0.15, 0.2) is 65.8 Å². The first-order valence-corrected chi connectivity index (χ1v) is 12.8. The molecular weight excluding hydrogens is 543 g/mol. The Hall–Kier alpha value is -3.18. The highest BCUT2D eigenvalue weighted by molar-refractivity contribution is 5.91. The highest BCUT2D eigenvalue weighted by Crippen LogP contribution is 2.45. The second-order valence-corrected chi connectivity index (χ2v) is 10.2. The van der Waals surface area contributed by atoms with Gasteiger partial charge in [-0.1, -0.05) is 18.2 Å². The number of hydrogen-bond acceptors (Lipinski definition) is 3. The van der Waals surface area contributed by atoms with Crippen LogP contribution < -0.4 is 0 Å². The first-order chi connectivity index (χ1) is 18.8. The van der Waals surface area contributed by atoms with E-state index in [1.807, 2.05) is 6.08 Å². The molecule has 40 heavy (non-hydrogen) atoms. The van der Waals surface area contributed by atoms with Gasteiger partial charge in [-0.15, -0.1) is 0 Å². The normalized spacial score (nSPS) is 24.4. The monoisotopic (exact) mass is 569 g/mol. The summed E-state index contributed by atoms with van der Waals surface area (Å²) in [7, 11) is 0. The number of benzene rings is 2. The Balaban J connectivity index is 1.48. The fraction of sp³-hybridized carbons (Fsp3) is 0.414. The van der Waals surface area contributed by atoms with Crippen molar-refractivity contribution in [3.63, 3.8) is 0 Å². The van der Waals surface area contributed by atoms with Gasteiger partial charge in [0.2, 0.25) is 5.91 Å². The molecule has 3 aliphatic heterocycles. The van der Waals surface area contributed by atoms with Crippen LogP contribution in [0.2, 0.25) is 0 Å². The third-order valence-electron chi connectivity index (χ3n) is 7.69. The molecule has 0 N–H and O–H groups in total. The number of amides is 1. The van der Waals surface area contributed by atoms with Crippen molar-refractivity contribution in [2.75, 3.05) is 19.8 Å². The van der Waals surface area contributed by atoms with E-state index < -0.39 is 53.5 Å². The third kappa shape index (κ3) is 5.81. The predicted octanol–water partition coefficient (Wildman–Crippen LogP) is 6.98. The zero-order valence-corrected chi connectivity index (χ0v) is 21.4. The lowest BCUT2D eigenvalue weighted by atomic mass is 9.82. The quantitative estimate of drug-likeness (QED) is 0.365. The number of carbonyl (C=O) groups excluding carboxylic acids is 1. The van der Waals surface area contributed by atoms with Gasteiger partial charge in [-0.05, 0) is 72.4 Å². The number of fused-ring (bicyclic) bond motifs is 1. The van der Waals surface area contributed by atoms with Crippen molar-refractivity contribution in [1.82, 2.24) is 4.90 Å². The molecule has 0 bridgehead atoms. The summed E-state index contributed by atoms with van der Waals surface area (Å²) < 4.78 is 106. The standard InChI is InChI=1S/C29H26F7NO3/c1-16(19-10-21(28(31,32)33)14-22(11-19)29(34,35)36)40-25-15-37-24(27(25)18-2-4-23(30)5-3-18)12-20(13-26(37)38)17-6-8-39-9-7-17/h2-6,10-11,13-14,16,24-25,27H,7-9,12,15H2,1H3/t16-,24?,25+,27?/m1/s1. The number of ether oxygens (including phenoxy) is 2. The number of alkyl halides is 6. The molecule has 0 saturated carbocycles. The average molecular weight is 570 g/mol. The number of rotatable bonds is 5. The van der Waals surface area contributed by atoms with Gasteiger partial charge in [-0.2, -0.15) is 26.3 Å². The van der Waals surface area contributed by atoms with E-state index in [4.69, 9.17) is 9.47 Å². The first-order valence-electron chi connectivity index (χ1n) is 12.8. The van der Waals surface area contributed by atoms with Gasteiger partial charge in [0.1, 0.15) is 5.82 Å². The molecule has 4 atom stereocenters. The van der Waals surface area contributed by atoms with Crippen molar-refractivity contribution in [1.29, 1.82) is 0 Å². The SMILES string of the molecule is C[C@@H](O[C@H]1CN2C(=O)C=C(C3=CCOCC3)CC2C1c1ccc(F)cc1)c1cc(C(F)(F)F)cc(C(F)(F)F)c1. The summed E-state index contributed by atoms with van der Waals surface area (Å²) >= 11 is 0. The number of hydrogen-bond donors (Lipinski definition) is 0. The van der Waals surface area contributed by atoms with E-state index in [-0.39, 0.29) is 24.1 Å². The van der Waals surface area contributed by atoms with E-state index in [1.165, 1.54) is 19.1 Å². The molecule has 214 valence electrons. The lowest BCUT2D eigenvalue weighted by Gasteiger charge is -2.34. The third-order valence-corrected chi connectivity index (χ3v) is 7.69. The van der Waals surface area contributed by atoms with Gasteiger partial charge >= 0.3 is 12.4 Å². The highest BCUT2D eigenvalue weighted by atomic mass is 19.4. The minimum absolute atomic E-state index is 0.0736. The van der Waals surface area contributed by atoms with Crippen molar-refractivity contribution >= 4 is 5.91 Å². The summed E-state index contributed by atoms with van der Waals surface area (Å²) in [6, 6.07) is 6.64. The zero-order valence-electron chi connectivity index (χ0n) is 21.4. The molecule has 11 heteroatoms. The van der Waals surface area contributed by atoms with Gasteiger partial charge in [0, 0.05) is 24.6 Å². The molecule has 1 fully saturated rings. The van der Waals surface area contributed by atoms with Crippen LogP contribution in [-0.2, 0) is 26.6 Å². The Morgan fingerprint density at radius 1 is 0.975 bits per heavy atom. The predicted molar refractivity (Wildman–Crippen MR) is 131 cm³/mol. The van der Waals surface area contributed by atoms with Crippen LogP contribution in [-0.4, -0.2) is 42.7 Å². The van der Waals surface area contributed by atoms with Gasteiger partial charge in [0.25, 0.3) is 0 Å². The number of halogens is 7. The van der Waals surface area contributed by atoms with Crippen LogP contribution in [0, 0.1) is 5.82 Å². The minimum atomic E-state index is -4.99. The molecule has 1 saturated heterocycles. The summed E-state index contributed by atoms with van der Waals surface area (Å²) in [5, 5.41) is 0. The molecule has 5 rings (SSSR count). The topological polar surface area (TPSA) is 38.8 Å². The molecular formula is C29H26F7NO3. The fourth-order valence-corrected chi connectivity index (χ4v) is 5.74. The summed E-state index contributed by atoms with van der Waals surface area (Å²) in [6.07, 6.45) is -7.34. The molecule has 0 spiro atoms. The van der Waals surface area contributed by atoms with Crippen LogP contribution in [0.5, 0.6) is 0 Å². The molecule has 3 aliphatic rings. The Morgan fingerprint density at radius 3 is 2.20 bits per heavy atom. The van der Waals surface area contributed by atoms with Crippen molar-refractivity contribution in [3.8, 4) is 0 Å². The van der Waals surface area contributed by atoms with Crippen molar-refractivity contribution in [2.45, 2.75) is 56.3 Å². The largest absolute Gasteiger partial charge is 0.416 e. The zero-order chi connectivity index (χ0) is 28.8. The molecule has 1 amide bonds. The van der Waals surface area contributed by atoms with E-state index in [9.17, 15) is 35.5 Å². The fourth-order valence-electron chi connectivity index (χ4n) is 5.74. The molecule has 2 aromatic carbocycles. The van der Waals surface area contributed by atoms with E-state index in [0.29, 0.717) is 43.8 Å². The average Bonchev–Trinajstić information content (AvgIpc) is 3.26. The lowest BCUT2D eigenvalue weighted by Crippen LogP contribution is -2.40. The highest BCUT2D eigenvalue weighted by Gasteiger charge is 2.48. The minimum Gasteiger partial charge on any atom is -0.377 e. The second-order valence-electron chi connectivity index (χ2n) is 10.2. The van der Waals surface area contributed by atoms with Gasteiger partial charge in [-0.3, -0.25) is 4.79 Å². The Morgan fingerprint density at radius 2 is 1.62 bits per heavy atom. The maximum atomic E-state index is 13.8. The van der Waals surface area contributed by atoms with Crippen LogP contribution in [0.1, 0.15) is 54.0 Å². The Bertz CT molecular complexity index is 1300. The van der Waals surface area contributed by atoms with E-state index in [1.54, 1.807) is 23.1 Å². The smallest absolute Gasteiger partial charge is 0.377 e. The van der Waals surface area contributed by atoms with Crippen LogP contribution in [0.3, 0.4) is 0 Å². The van der Waals surface area contributed by atoms with E-state index in [0.717, 1.165) is 11.1 Å². The first kappa shape index (κ1) is 28.4. The van der Waals surface area contributed by atoms with Crippen LogP contribution in [0.4, 0.5) is 30.7 Å². The molecule has 0 radical (unpaired) electrons. The van der Waals surface area contributed by atoms with E-state index >= 15 is 0 Å². The summed E-state index contributed by atoms with van der Waals surface area (Å²) in [6.45, 7) is 2.41. The van der Waals surface area contributed by atoms with Crippen molar-refractivity contribution < 1.29 is 45.0 Å². The number of carbonyl (C=O) groups is 1. The van der Waals surface area contributed by atoms with Crippen LogP contribution >= 0.6 is 0 Å². The molecule has 0 aliphatic carbocycles. The molecule has 3 heterocycles. The Kier molecular flexibility index (Phi) is 7.56. The van der Waals surface area contributed by atoms with Crippen molar-refractivity contribution in [3.05, 3.63) is 93.8 Å². The van der Waals surface area contributed by atoms with Gasteiger partial charge in [0.05, 0.1) is 36.5 Å². The molecule has 2 unspecified atom stereocenters. The van der Waals surface area contributed by atoms with E-state index in [2.05, 4.69) is 0 Å². The lowest BCUT2D eigenvalue weighted by molar-refractivity contribution is -0.143. The van der Waals surface area contributed by atoms with Gasteiger partial charge < -0.3 is 14.4 Å².